The summed E-state index contributed by atoms with van der Waals surface area (Å²) in [6, 6.07) is 17.9. The van der Waals surface area contributed by atoms with Crippen molar-refractivity contribution in [2.24, 2.45) is 0 Å². The third-order valence-electron chi connectivity index (χ3n) is 3.58. The highest BCUT2D eigenvalue weighted by Gasteiger charge is 2.16. The lowest BCUT2D eigenvalue weighted by molar-refractivity contribution is 0.0930. The predicted molar refractivity (Wildman–Crippen MR) is 98.9 cm³/mol. The molecule has 0 fully saturated rings. The van der Waals surface area contributed by atoms with Gasteiger partial charge in [0.1, 0.15) is 0 Å². The van der Waals surface area contributed by atoms with Crippen molar-refractivity contribution in [3.63, 3.8) is 0 Å². The van der Waals surface area contributed by atoms with Gasteiger partial charge >= 0.3 is 0 Å². The second kappa shape index (κ2) is 8.75. The minimum atomic E-state index is -0.0311. The summed E-state index contributed by atoms with van der Waals surface area (Å²) in [6.45, 7) is 0.764. The van der Waals surface area contributed by atoms with Gasteiger partial charge in [-0.25, -0.2) is 0 Å². The van der Waals surface area contributed by atoms with E-state index in [1.165, 1.54) is 5.56 Å². The maximum Gasteiger partial charge on any atom is 0.251 e. The Morgan fingerprint density at radius 1 is 1.09 bits per heavy atom. The summed E-state index contributed by atoms with van der Waals surface area (Å²) in [5.74, 6) is 0.936. The van der Waals surface area contributed by atoms with E-state index in [0.29, 0.717) is 5.56 Å². The molecule has 3 nitrogen and oxygen atoms in total. The van der Waals surface area contributed by atoms with Crippen LogP contribution in [0.1, 0.15) is 27.5 Å². The van der Waals surface area contributed by atoms with Crippen LogP contribution in [-0.2, 0) is 5.75 Å². The molecule has 1 amide bonds. The van der Waals surface area contributed by atoms with Crippen LogP contribution in [0.5, 0.6) is 0 Å². The monoisotopic (exact) mass is 328 g/mol. The van der Waals surface area contributed by atoms with Gasteiger partial charge in [0.25, 0.3) is 5.91 Å². The highest BCUT2D eigenvalue weighted by molar-refractivity contribution is 7.97. The van der Waals surface area contributed by atoms with Gasteiger partial charge in [-0.1, -0.05) is 42.5 Å². The number of thioether (sulfide) groups is 1. The Morgan fingerprint density at radius 3 is 2.30 bits per heavy atom. The fraction of sp³-hybridized carbons (Fsp3) is 0.316. The van der Waals surface area contributed by atoms with Crippen molar-refractivity contribution in [1.82, 2.24) is 10.2 Å². The number of rotatable bonds is 7. The smallest absolute Gasteiger partial charge is 0.251 e. The van der Waals surface area contributed by atoms with Crippen LogP contribution in [0.3, 0.4) is 0 Å². The maximum absolute atomic E-state index is 12.5. The molecule has 0 bridgehead atoms. The van der Waals surface area contributed by atoms with Crippen LogP contribution in [0.25, 0.3) is 0 Å². The molecule has 0 aromatic heterocycles. The summed E-state index contributed by atoms with van der Waals surface area (Å²) in [5, 5.41) is 3.15. The number of nitrogens with one attached hydrogen (secondary N) is 1. The molecule has 0 saturated carbocycles. The predicted octanol–water partition coefficient (Wildman–Crippen LogP) is 3.58. The Bertz CT molecular complexity index is 611. The number of carbonyl (C=O) groups is 1. The highest BCUT2D eigenvalue weighted by Crippen LogP contribution is 2.15. The van der Waals surface area contributed by atoms with Gasteiger partial charge in [0.05, 0.1) is 6.04 Å². The molecular weight excluding hydrogens is 304 g/mol. The number of likely N-dealkylation sites (N-methyl/N-ethyl adjacent to an activating group) is 1. The molecule has 1 N–H and O–H groups in total. The highest BCUT2D eigenvalue weighted by atomic mass is 32.2. The molecule has 2 rings (SSSR count). The van der Waals surface area contributed by atoms with Crippen LogP contribution in [0.4, 0.5) is 0 Å². The van der Waals surface area contributed by atoms with Crippen molar-refractivity contribution in [3.8, 4) is 0 Å². The van der Waals surface area contributed by atoms with E-state index >= 15 is 0 Å². The fourth-order valence-electron chi connectivity index (χ4n) is 2.45. The quantitative estimate of drug-likeness (QED) is 0.843. The lowest BCUT2D eigenvalue weighted by Crippen LogP contribution is -2.35. The lowest BCUT2D eigenvalue weighted by Gasteiger charge is -2.23. The van der Waals surface area contributed by atoms with Gasteiger partial charge < -0.3 is 10.2 Å². The zero-order valence-corrected chi connectivity index (χ0v) is 14.8. The Kier molecular flexibility index (Phi) is 6.68. The van der Waals surface area contributed by atoms with Gasteiger partial charge in [0, 0.05) is 17.9 Å². The first kappa shape index (κ1) is 17.6. The molecule has 23 heavy (non-hydrogen) atoms. The zero-order chi connectivity index (χ0) is 16.7. The van der Waals surface area contributed by atoms with Gasteiger partial charge in [0.2, 0.25) is 0 Å². The van der Waals surface area contributed by atoms with Crippen LogP contribution >= 0.6 is 11.8 Å². The molecule has 0 aliphatic carbocycles. The first-order valence-corrected chi connectivity index (χ1v) is 9.08. The third kappa shape index (κ3) is 5.41. The number of hydrogen-bond acceptors (Lipinski definition) is 3. The van der Waals surface area contributed by atoms with E-state index in [1.54, 1.807) is 11.8 Å². The van der Waals surface area contributed by atoms with E-state index in [-0.39, 0.29) is 11.9 Å². The molecular formula is C19H24N2OS. The molecule has 0 spiro atoms. The molecule has 0 saturated heterocycles. The standard InChI is InChI=1S/C19H24N2OS/c1-21(2)13-18(16-7-5-4-6-8-16)20-19(22)17-11-9-15(10-12-17)14-23-3/h4-12,18H,13-14H2,1-3H3,(H,20,22)/t18-/m1/s1. The molecule has 2 aromatic carbocycles. The molecule has 0 aliphatic rings. The van der Waals surface area contributed by atoms with Crippen molar-refractivity contribution in [1.29, 1.82) is 0 Å². The molecule has 4 heteroatoms. The van der Waals surface area contributed by atoms with E-state index in [2.05, 4.69) is 28.6 Å². The number of amides is 1. The van der Waals surface area contributed by atoms with Crippen molar-refractivity contribution in [3.05, 3.63) is 71.3 Å². The Balaban J connectivity index is 2.10. The van der Waals surface area contributed by atoms with E-state index in [9.17, 15) is 4.79 Å². The second-order valence-corrected chi connectivity index (χ2v) is 6.69. The first-order chi connectivity index (χ1) is 11.1. The average Bonchev–Trinajstić information content (AvgIpc) is 2.55. The number of carbonyl (C=O) groups excluding carboxylic acids is 1. The van der Waals surface area contributed by atoms with Gasteiger partial charge in [0.15, 0.2) is 0 Å². The molecule has 0 heterocycles. The van der Waals surface area contributed by atoms with Gasteiger partial charge in [-0.3, -0.25) is 4.79 Å². The molecule has 122 valence electrons. The van der Waals surface area contributed by atoms with Crippen LogP contribution in [0, 0.1) is 0 Å². The third-order valence-corrected chi connectivity index (χ3v) is 4.20. The van der Waals surface area contributed by atoms with Crippen LogP contribution in [-0.4, -0.2) is 37.7 Å². The number of hydrogen-bond donors (Lipinski definition) is 1. The van der Waals surface area contributed by atoms with E-state index in [0.717, 1.165) is 17.9 Å². The number of nitrogens with zero attached hydrogens (tertiary/aromatic N) is 1. The summed E-state index contributed by atoms with van der Waals surface area (Å²) in [7, 11) is 4.03. The van der Waals surface area contributed by atoms with Crippen LogP contribution < -0.4 is 5.32 Å². The zero-order valence-electron chi connectivity index (χ0n) is 14.0. The van der Waals surface area contributed by atoms with E-state index < -0.39 is 0 Å². The summed E-state index contributed by atoms with van der Waals surface area (Å²) in [5.41, 5.74) is 3.06. The number of benzene rings is 2. The van der Waals surface area contributed by atoms with Gasteiger partial charge in [-0.15, -0.1) is 0 Å². The van der Waals surface area contributed by atoms with Crippen molar-refractivity contribution in [2.75, 3.05) is 26.9 Å². The molecule has 2 aromatic rings. The summed E-state index contributed by atoms with van der Waals surface area (Å²) < 4.78 is 0. The normalized spacial score (nSPS) is 12.2. The Morgan fingerprint density at radius 2 is 1.74 bits per heavy atom. The maximum atomic E-state index is 12.5. The van der Waals surface area contributed by atoms with Crippen LogP contribution in [0.2, 0.25) is 0 Å². The van der Waals surface area contributed by atoms with Crippen molar-refractivity contribution in [2.45, 2.75) is 11.8 Å². The van der Waals surface area contributed by atoms with Gasteiger partial charge in [-0.2, -0.15) is 11.8 Å². The van der Waals surface area contributed by atoms with E-state index in [4.69, 9.17) is 0 Å². The van der Waals surface area contributed by atoms with E-state index in [1.807, 2.05) is 56.6 Å². The SMILES string of the molecule is CSCc1ccc(C(=O)N[C@H](CN(C)C)c2ccccc2)cc1. The minimum Gasteiger partial charge on any atom is -0.344 e. The molecule has 0 aliphatic heterocycles. The van der Waals surface area contributed by atoms with Crippen molar-refractivity contribution >= 4 is 17.7 Å². The summed E-state index contributed by atoms with van der Waals surface area (Å²) in [4.78, 5) is 14.6. The molecule has 0 unspecified atom stereocenters. The first-order valence-electron chi connectivity index (χ1n) is 7.68. The fourth-order valence-corrected chi connectivity index (χ4v) is 2.97. The Hall–Kier alpha value is -1.78. The minimum absolute atomic E-state index is 0.0235. The van der Waals surface area contributed by atoms with Crippen LogP contribution in [0.15, 0.2) is 54.6 Å². The molecule has 0 radical (unpaired) electrons. The van der Waals surface area contributed by atoms with Crippen molar-refractivity contribution < 1.29 is 4.79 Å². The largest absolute Gasteiger partial charge is 0.344 e. The lowest BCUT2D eigenvalue weighted by atomic mass is 10.1. The van der Waals surface area contributed by atoms with Gasteiger partial charge in [-0.05, 0) is 43.6 Å². The molecule has 1 atom stereocenters. The average molecular weight is 328 g/mol. The summed E-state index contributed by atoms with van der Waals surface area (Å²) >= 11 is 1.78. The topological polar surface area (TPSA) is 32.3 Å². The Labute approximate surface area is 143 Å². The second-order valence-electron chi connectivity index (χ2n) is 5.83. The summed E-state index contributed by atoms with van der Waals surface area (Å²) in [6.07, 6.45) is 2.08.